The van der Waals surface area contributed by atoms with Crippen LogP contribution in [-0.2, 0) is 6.54 Å². The first-order valence-electron chi connectivity index (χ1n) is 7.55. The van der Waals surface area contributed by atoms with Gasteiger partial charge in [-0.25, -0.2) is 9.78 Å². The summed E-state index contributed by atoms with van der Waals surface area (Å²) in [6.45, 7) is 5.96. The molecule has 3 heterocycles. The number of nitrogens with zero attached hydrogens (tertiary/aromatic N) is 3. The first-order chi connectivity index (χ1) is 10.8. The van der Waals surface area contributed by atoms with Crippen molar-refractivity contribution in [3.63, 3.8) is 0 Å². The Labute approximate surface area is 134 Å². The van der Waals surface area contributed by atoms with Crippen LogP contribution in [0, 0.1) is 0 Å². The summed E-state index contributed by atoms with van der Waals surface area (Å²) >= 11 is 1.64. The molecule has 6 nitrogen and oxygen atoms in total. The normalized spacial score (nSPS) is 19.3. The number of rotatable bonds is 4. The summed E-state index contributed by atoms with van der Waals surface area (Å²) in [4.78, 5) is 24.1. The van der Waals surface area contributed by atoms with Crippen molar-refractivity contribution in [3.05, 3.63) is 40.6 Å². The fourth-order valence-corrected chi connectivity index (χ4v) is 3.45. The first-order valence-corrected chi connectivity index (χ1v) is 8.49. The van der Waals surface area contributed by atoms with Crippen LogP contribution in [0.15, 0.2) is 29.2 Å². The van der Waals surface area contributed by atoms with Gasteiger partial charge in [0.2, 0.25) is 0 Å². The molecule has 2 amide bonds. The maximum absolute atomic E-state index is 12.4. The number of H-pyrrole nitrogens is 1. The summed E-state index contributed by atoms with van der Waals surface area (Å²) in [7, 11) is 0. The first kappa shape index (κ1) is 15.1. The summed E-state index contributed by atoms with van der Waals surface area (Å²) < 4.78 is 0. The number of imidazole rings is 1. The Hall–Kier alpha value is -1.86. The second kappa shape index (κ2) is 6.93. The summed E-state index contributed by atoms with van der Waals surface area (Å²) in [6.07, 6.45) is 3.59. The number of carbonyl (C=O) groups is 1. The maximum Gasteiger partial charge on any atom is 0.317 e. The number of carbonyl (C=O) groups excluding carboxylic acids is 1. The molecule has 0 radical (unpaired) electrons. The number of thiophene rings is 1. The number of hydrogen-bond donors (Lipinski definition) is 2. The molecule has 3 rings (SSSR count). The molecule has 1 aliphatic heterocycles. The molecule has 1 fully saturated rings. The predicted molar refractivity (Wildman–Crippen MR) is 86.7 cm³/mol. The van der Waals surface area contributed by atoms with Crippen molar-refractivity contribution >= 4 is 17.4 Å². The van der Waals surface area contributed by atoms with Crippen molar-refractivity contribution in [2.75, 3.05) is 26.2 Å². The predicted octanol–water partition coefficient (Wildman–Crippen LogP) is 2.06. The van der Waals surface area contributed by atoms with E-state index in [9.17, 15) is 4.79 Å². The van der Waals surface area contributed by atoms with E-state index in [4.69, 9.17) is 0 Å². The van der Waals surface area contributed by atoms with Gasteiger partial charge in [-0.3, -0.25) is 4.90 Å². The van der Waals surface area contributed by atoms with E-state index in [0.29, 0.717) is 13.1 Å². The average Bonchev–Trinajstić information content (AvgIpc) is 3.25. The summed E-state index contributed by atoms with van der Waals surface area (Å²) in [5, 5.41) is 7.08. The molecule has 1 saturated heterocycles. The van der Waals surface area contributed by atoms with Gasteiger partial charge in [0, 0.05) is 38.6 Å². The Morgan fingerprint density at radius 1 is 1.55 bits per heavy atom. The molecule has 2 aromatic heterocycles. The molecule has 0 aliphatic carbocycles. The lowest BCUT2D eigenvalue weighted by Gasteiger charge is -2.39. The van der Waals surface area contributed by atoms with E-state index in [2.05, 4.69) is 32.5 Å². The van der Waals surface area contributed by atoms with Crippen LogP contribution in [0.25, 0.3) is 0 Å². The van der Waals surface area contributed by atoms with Gasteiger partial charge >= 0.3 is 6.03 Å². The largest absolute Gasteiger partial charge is 0.347 e. The van der Waals surface area contributed by atoms with Crippen molar-refractivity contribution in [2.45, 2.75) is 19.5 Å². The highest BCUT2D eigenvalue weighted by molar-refractivity contribution is 7.07. The monoisotopic (exact) mass is 319 g/mol. The number of likely N-dealkylation sites (N-methyl/N-ethyl adjacent to an activating group) is 1. The Morgan fingerprint density at radius 2 is 2.45 bits per heavy atom. The molecule has 22 heavy (non-hydrogen) atoms. The minimum atomic E-state index is -0.00138. The lowest BCUT2D eigenvalue weighted by atomic mass is 10.1. The molecule has 2 N–H and O–H groups in total. The Kier molecular flexibility index (Phi) is 4.74. The van der Waals surface area contributed by atoms with Crippen molar-refractivity contribution < 1.29 is 4.79 Å². The third kappa shape index (κ3) is 3.31. The number of hydrogen-bond acceptors (Lipinski definition) is 4. The molecule has 0 aromatic carbocycles. The van der Waals surface area contributed by atoms with Crippen LogP contribution < -0.4 is 5.32 Å². The molecule has 0 spiro atoms. The van der Waals surface area contributed by atoms with Crippen molar-refractivity contribution in [1.29, 1.82) is 0 Å². The second-order valence-corrected chi connectivity index (χ2v) is 6.14. The van der Waals surface area contributed by atoms with Crippen molar-refractivity contribution in [1.82, 2.24) is 25.1 Å². The van der Waals surface area contributed by atoms with Crippen LogP contribution in [0.2, 0.25) is 0 Å². The van der Waals surface area contributed by atoms with E-state index >= 15 is 0 Å². The fraction of sp³-hybridized carbons (Fsp3) is 0.467. The zero-order valence-electron chi connectivity index (χ0n) is 12.7. The molecule has 0 saturated carbocycles. The van der Waals surface area contributed by atoms with E-state index in [0.717, 1.165) is 31.0 Å². The molecule has 7 heteroatoms. The lowest BCUT2D eigenvalue weighted by molar-refractivity contribution is 0.0896. The van der Waals surface area contributed by atoms with Gasteiger partial charge in [0.1, 0.15) is 5.82 Å². The van der Waals surface area contributed by atoms with E-state index in [1.54, 1.807) is 17.5 Å². The molecule has 1 atom stereocenters. The number of aromatic amines is 1. The van der Waals surface area contributed by atoms with Gasteiger partial charge in [0.15, 0.2) is 0 Å². The van der Waals surface area contributed by atoms with Crippen molar-refractivity contribution in [2.24, 2.45) is 0 Å². The van der Waals surface area contributed by atoms with Crippen LogP contribution in [0.4, 0.5) is 4.79 Å². The van der Waals surface area contributed by atoms with Crippen LogP contribution in [0.5, 0.6) is 0 Å². The highest BCUT2D eigenvalue weighted by atomic mass is 32.1. The summed E-state index contributed by atoms with van der Waals surface area (Å²) in [6, 6.07) is 2.17. The van der Waals surface area contributed by atoms with E-state index in [-0.39, 0.29) is 12.1 Å². The third-order valence-corrected chi connectivity index (χ3v) is 4.78. The topological polar surface area (TPSA) is 64.3 Å². The average molecular weight is 319 g/mol. The molecule has 0 unspecified atom stereocenters. The smallest absolute Gasteiger partial charge is 0.317 e. The summed E-state index contributed by atoms with van der Waals surface area (Å²) in [5.74, 6) is 0.928. The van der Waals surface area contributed by atoms with Crippen LogP contribution >= 0.6 is 11.3 Å². The lowest BCUT2D eigenvalue weighted by Crippen LogP contribution is -2.53. The standard InChI is InChI=1S/C15H21N5OS/c1-2-19-6-7-20(10-13(19)14-16-4-5-17-14)15(21)18-9-12-3-8-22-11-12/h3-5,8,11,13H,2,6-7,9-10H2,1H3,(H,16,17)(H,18,21)/t13-/m0/s1. The highest BCUT2D eigenvalue weighted by Gasteiger charge is 2.31. The van der Waals surface area contributed by atoms with Gasteiger partial charge in [-0.05, 0) is 28.9 Å². The second-order valence-electron chi connectivity index (χ2n) is 5.36. The molecule has 2 aromatic rings. The highest BCUT2D eigenvalue weighted by Crippen LogP contribution is 2.22. The van der Waals surface area contributed by atoms with Crippen LogP contribution in [-0.4, -0.2) is 52.0 Å². The molecule has 1 aliphatic rings. The Balaban J connectivity index is 1.61. The third-order valence-electron chi connectivity index (χ3n) is 4.04. The van der Waals surface area contributed by atoms with Gasteiger partial charge in [0.25, 0.3) is 0 Å². The van der Waals surface area contributed by atoms with Crippen LogP contribution in [0.3, 0.4) is 0 Å². The van der Waals surface area contributed by atoms with Crippen LogP contribution in [0.1, 0.15) is 24.4 Å². The molecule has 118 valence electrons. The number of piperazine rings is 1. The number of amides is 2. The van der Waals surface area contributed by atoms with E-state index < -0.39 is 0 Å². The Bertz CT molecular complexity index is 583. The van der Waals surface area contributed by atoms with Gasteiger partial charge < -0.3 is 15.2 Å². The van der Waals surface area contributed by atoms with Gasteiger partial charge in [-0.2, -0.15) is 11.3 Å². The minimum Gasteiger partial charge on any atom is -0.347 e. The number of nitrogens with one attached hydrogen (secondary N) is 2. The van der Waals surface area contributed by atoms with E-state index in [1.165, 1.54) is 0 Å². The van der Waals surface area contributed by atoms with E-state index in [1.807, 2.05) is 22.5 Å². The zero-order valence-corrected chi connectivity index (χ0v) is 13.5. The van der Waals surface area contributed by atoms with Gasteiger partial charge in [0.05, 0.1) is 6.04 Å². The minimum absolute atomic E-state index is 0.00138. The molecular weight excluding hydrogens is 298 g/mol. The van der Waals surface area contributed by atoms with Crippen molar-refractivity contribution in [3.8, 4) is 0 Å². The number of urea groups is 1. The quantitative estimate of drug-likeness (QED) is 0.906. The number of aromatic nitrogens is 2. The maximum atomic E-state index is 12.4. The zero-order chi connectivity index (χ0) is 15.4. The fourth-order valence-electron chi connectivity index (χ4n) is 2.79. The molecular formula is C15H21N5OS. The summed E-state index contributed by atoms with van der Waals surface area (Å²) in [5.41, 5.74) is 1.15. The SMILES string of the molecule is CCN1CCN(C(=O)NCc2ccsc2)C[C@H]1c1ncc[nH]1. The van der Waals surface area contributed by atoms with Gasteiger partial charge in [-0.15, -0.1) is 0 Å². The van der Waals surface area contributed by atoms with Gasteiger partial charge in [-0.1, -0.05) is 6.92 Å². The molecule has 0 bridgehead atoms. The Morgan fingerprint density at radius 3 is 3.14 bits per heavy atom.